The molecule has 2 heterocycles. The molecule has 7 nitrogen and oxygen atoms in total. The summed E-state index contributed by atoms with van der Waals surface area (Å²) in [6, 6.07) is 8.86. The first kappa shape index (κ1) is 20.9. The summed E-state index contributed by atoms with van der Waals surface area (Å²) >= 11 is 1.38. The van der Waals surface area contributed by atoms with Crippen LogP contribution in [-0.2, 0) is 14.8 Å². The number of nitrogens with zero attached hydrogens (tertiary/aromatic N) is 4. The summed E-state index contributed by atoms with van der Waals surface area (Å²) in [5, 5.41) is 0.859. The van der Waals surface area contributed by atoms with Gasteiger partial charge in [0.05, 0.1) is 10.3 Å². The molecule has 1 aliphatic rings. The van der Waals surface area contributed by atoms with Gasteiger partial charge in [0.25, 0.3) is 10.0 Å². The summed E-state index contributed by atoms with van der Waals surface area (Å²) in [5.74, 6) is 2.10. The van der Waals surface area contributed by atoms with Crippen molar-refractivity contribution in [2.24, 2.45) is 5.92 Å². The number of benzene rings is 1. The van der Waals surface area contributed by atoms with Gasteiger partial charge in [-0.1, -0.05) is 29.5 Å². The highest BCUT2D eigenvalue weighted by molar-refractivity contribution is 8.13. The third-order valence-electron chi connectivity index (χ3n) is 5.62. The van der Waals surface area contributed by atoms with Crippen LogP contribution in [0.5, 0.6) is 0 Å². The summed E-state index contributed by atoms with van der Waals surface area (Å²) in [7, 11) is -1.77. The fourth-order valence-corrected chi connectivity index (χ4v) is 5.82. The molecule has 4 rings (SSSR count). The lowest BCUT2D eigenvalue weighted by Gasteiger charge is -2.41. The number of rotatable bonds is 6. The Labute approximate surface area is 180 Å². The maximum absolute atomic E-state index is 13.1. The lowest BCUT2D eigenvalue weighted by atomic mass is 9.81. The van der Waals surface area contributed by atoms with Crippen molar-refractivity contribution >= 4 is 43.8 Å². The predicted molar refractivity (Wildman–Crippen MR) is 119 cm³/mol. The molecule has 1 fully saturated rings. The van der Waals surface area contributed by atoms with E-state index in [1.807, 2.05) is 14.0 Å². The maximum atomic E-state index is 13.1. The van der Waals surface area contributed by atoms with Crippen LogP contribution in [0.25, 0.3) is 11.0 Å². The quantitative estimate of drug-likeness (QED) is 0.575. The molecule has 2 aromatic heterocycles. The van der Waals surface area contributed by atoms with E-state index in [0.29, 0.717) is 23.0 Å². The fraction of sp³-hybridized carbons (Fsp3) is 0.381. The molecule has 0 radical (unpaired) electrons. The van der Waals surface area contributed by atoms with Crippen molar-refractivity contribution in [2.75, 3.05) is 17.7 Å². The standard InChI is InChI=1S/C21H24N4O3S2/c1-14-4-6-18(7-5-14)30(27,28)25-9-8-19-20(22-13-23-21(19)25)24(3)17-10-16(11-17)12-29-15(2)26/h4-9,13,16-17H,10-12H2,1-3H3/t16-,17+. The normalized spacial score (nSPS) is 18.9. The van der Waals surface area contributed by atoms with Crippen LogP contribution in [0, 0.1) is 12.8 Å². The van der Waals surface area contributed by atoms with Crippen LogP contribution in [0.3, 0.4) is 0 Å². The van der Waals surface area contributed by atoms with E-state index in [0.717, 1.165) is 30.0 Å². The first-order valence-corrected chi connectivity index (χ1v) is 12.2. The van der Waals surface area contributed by atoms with Gasteiger partial charge >= 0.3 is 0 Å². The predicted octanol–water partition coefficient (Wildman–Crippen LogP) is 3.47. The van der Waals surface area contributed by atoms with Crippen molar-refractivity contribution < 1.29 is 13.2 Å². The largest absolute Gasteiger partial charge is 0.356 e. The Bertz CT molecular complexity index is 1180. The molecular formula is C21H24N4O3S2. The van der Waals surface area contributed by atoms with Crippen LogP contribution in [0.15, 0.2) is 47.8 Å². The number of aromatic nitrogens is 3. The Morgan fingerprint density at radius 3 is 2.57 bits per heavy atom. The molecule has 0 atom stereocenters. The number of anilines is 1. The summed E-state index contributed by atoms with van der Waals surface area (Å²) in [5.41, 5.74) is 1.37. The SMILES string of the molecule is CC(=O)SC[C@H]1C[C@@H](N(C)c2ncnc3c2ccn3S(=O)(=O)c2ccc(C)cc2)C1. The highest BCUT2D eigenvalue weighted by Gasteiger charge is 2.34. The molecule has 0 bridgehead atoms. The van der Waals surface area contributed by atoms with Crippen LogP contribution in [0.1, 0.15) is 25.3 Å². The van der Waals surface area contributed by atoms with Crippen LogP contribution < -0.4 is 4.90 Å². The molecule has 30 heavy (non-hydrogen) atoms. The van der Waals surface area contributed by atoms with E-state index in [-0.39, 0.29) is 10.0 Å². The van der Waals surface area contributed by atoms with E-state index in [2.05, 4.69) is 14.9 Å². The van der Waals surface area contributed by atoms with Gasteiger partial charge in [-0.3, -0.25) is 4.79 Å². The van der Waals surface area contributed by atoms with Gasteiger partial charge in [-0.2, -0.15) is 0 Å². The maximum Gasteiger partial charge on any atom is 0.269 e. The number of fused-ring (bicyclic) bond motifs is 1. The minimum Gasteiger partial charge on any atom is -0.356 e. The topological polar surface area (TPSA) is 85.2 Å². The monoisotopic (exact) mass is 444 g/mol. The van der Waals surface area contributed by atoms with Gasteiger partial charge in [0.2, 0.25) is 0 Å². The number of thioether (sulfide) groups is 1. The van der Waals surface area contributed by atoms with E-state index in [9.17, 15) is 13.2 Å². The Morgan fingerprint density at radius 2 is 1.90 bits per heavy atom. The highest BCUT2D eigenvalue weighted by Crippen LogP contribution is 2.37. The van der Waals surface area contributed by atoms with Crippen molar-refractivity contribution in [1.82, 2.24) is 13.9 Å². The van der Waals surface area contributed by atoms with Gasteiger partial charge in [0.15, 0.2) is 10.8 Å². The van der Waals surface area contributed by atoms with Crippen LogP contribution in [-0.4, -0.2) is 46.3 Å². The van der Waals surface area contributed by atoms with E-state index >= 15 is 0 Å². The number of carbonyl (C=O) groups is 1. The number of aryl methyl sites for hydroxylation is 1. The molecule has 9 heteroatoms. The molecule has 0 amide bonds. The number of carbonyl (C=O) groups excluding carboxylic acids is 1. The Morgan fingerprint density at radius 1 is 1.20 bits per heavy atom. The van der Waals surface area contributed by atoms with E-state index in [1.54, 1.807) is 43.5 Å². The Balaban J connectivity index is 1.60. The zero-order chi connectivity index (χ0) is 21.5. The third-order valence-corrected chi connectivity index (χ3v) is 8.34. The average Bonchev–Trinajstić information content (AvgIpc) is 3.11. The molecule has 158 valence electrons. The smallest absolute Gasteiger partial charge is 0.269 e. The van der Waals surface area contributed by atoms with Gasteiger partial charge < -0.3 is 4.90 Å². The van der Waals surface area contributed by atoms with Gasteiger partial charge in [0.1, 0.15) is 12.1 Å². The van der Waals surface area contributed by atoms with Crippen molar-refractivity contribution in [2.45, 2.75) is 37.6 Å². The summed E-state index contributed by atoms with van der Waals surface area (Å²) in [4.78, 5) is 22.2. The van der Waals surface area contributed by atoms with Gasteiger partial charge in [-0.05, 0) is 43.9 Å². The Kier molecular flexibility index (Phi) is 5.59. The first-order valence-electron chi connectivity index (χ1n) is 9.78. The molecule has 0 saturated heterocycles. The molecule has 1 aliphatic carbocycles. The van der Waals surface area contributed by atoms with E-state index in [4.69, 9.17) is 0 Å². The van der Waals surface area contributed by atoms with Crippen molar-refractivity contribution in [1.29, 1.82) is 0 Å². The Hall–Kier alpha value is -2.39. The van der Waals surface area contributed by atoms with Crippen molar-refractivity contribution in [3.05, 3.63) is 48.4 Å². The molecule has 0 unspecified atom stereocenters. The van der Waals surface area contributed by atoms with E-state index < -0.39 is 10.0 Å². The molecule has 3 aromatic rings. The summed E-state index contributed by atoms with van der Waals surface area (Å²) in [6.45, 7) is 3.51. The van der Waals surface area contributed by atoms with Crippen molar-refractivity contribution in [3.8, 4) is 0 Å². The van der Waals surface area contributed by atoms with Crippen LogP contribution in [0.2, 0.25) is 0 Å². The molecule has 0 spiro atoms. The van der Waals surface area contributed by atoms with Crippen LogP contribution in [0.4, 0.5) is 5.82 Å². The molecule has 1 saturated carbocycles. The number of hydrogen-bond donors (Lipinski definition) is 0. The molecule has 1 aromatic carbocycles. The van der Waals surface area contributed by atoms with E-state index in [1.165, 1.54) is 22.1 Å². The first-order chi connectivity index (χ1) is 14.3. The third kappa shape index (κ3) is 3.83. The molecule has 0 aliphatic heterocycles. The lowest BCUT2D eigenvalue weighted by molar-refractivity contribution is -0.109. The van der Waals surface area contributed by atoms with Gasteiger partial charge in [-0.15, -0.1) is 0 Å². The minimum absolute atomic E-state index is 0.153. The van der Waals surface area contributed by atoms with Gasteiger partial charge in [-0.25, -0.2) is 22.4 Å². The highest BCUT2D eigenvalue weighted by atomic mass is 32.2. The molecule has 0 N–H and O–H groups in total. The summed E-state index contributed by atoms with van der Waals surface area (Å²) < 4.78 is 27.5. The minimum atomic E-state index is -3.74. The zero-order valence-electron chi connectivity index (χ0n) is 17.1. The summed E-state index contributed by atoms with van der Waals surface area (Å²) in [6.07, 6.45) is 4.94. The average molecular weight is 445 g/mol. The zero-order valence-corrected chi connectivity index (χ0v) is 18.8. The second-order valence-corrected chi connectivity index (χ2v) is 10.8. The molecular weight excluding hydrogens is 420 g/mol. The fourth-order valence-electron chi connectivity index (χ4n) is 3.77. The lowest BCUT2D eigenvalue weighted by Crippen LogP contribution is -2.44. The van der Waals surface area contributed by atoms with Crippen molar-refractivity contribution in [3.63, 3.8) is 0 Å². The van der Waals surface area contributed by atoms with Crippen LogP contribution >= 0.6 is 11.8 Å². The van der Waals surface area contributed by atoms with Gasteiger partial charge in [0, 0.05) is 32.0 Å². The second-order valence-electron chi connectivity index (χ2n) is 7.77. The second kappa shape index (κ2) is 8.03. The number of hydrogen-bond acceptors (Lipinski definition) is 7.